The number of likely N-dealkylation sites (tertiary alicyclic amines) is 1. The van der Waals surface area contributed by atoms with Crippen LogP contribution in [0.4, 0.5) is 11.4 Å². The second-order valence-corrected chi connectivity index (χ2v) is 5.91. The molecule has 0 saturated carbocycles. The van der Waals surface area contributed by atoms with Crippen LogP contribution in [0.15, 0.2) is 22.7 Å². The lowest BCUT2D eigenvalue weighted by Crippen LogP contribution is -2.32. The molecular weight excluding hydrogens is 310 g/mol. The normalized spacial score (nSPS) is 17.4. The number of nitrogens with zero attached hydrogens (tertiary/aromatic N) is 2. The fourth-order valence-electron chi connectivity index (χ4n) is 2.29. The number of nitro groups is 1. The maximum absolute atomic E-state index is 10.7. The molecule has 2 rings (SSSR count). The van der Waals surface area contributed by atoms with Crippen molar-refractivity contribution in [3.8, 4) is 0 Å². The minimum absolute atomic E-state index is 0.102. The zero-order valence-electron chi connectivity index (χ0n) is 10.9. The smallest absolute Gasteiger partial charge is 0.283 e. The van der Waals surface area contributed by atoms with E-state index >= 15 is 0 Å². The quantitative estimate of drug-likeness (QED) is 0.681. The molecule has 1 aromatic carbocycles. The van der Waals surface area contributed by atoms with E-state index in [4.69, 9.17) is 0 Å². The molecule has 0 aliphatic carbocycles. The highest BCUT2D eigenvalue weighted by molar-refractivity contribution is 9.10. The Kier molecular flexibility index (Phi) is 4.76. The number of rotatable bonds is 4. The summed E-state index contributed by atoms with van der Waals surface area (Å²) in [6, 6.07) is 5.06. The fourth-order valence-corrected chi connectivity index (χ4v) is 2.82. The molecular formula is C13H18BrN3O2. The monoisotopic (exact) mass is 327 g/mol. The van der Waals surface area contributed by atoms with Crippen LogP contribution in [-0.2, 0) is 0 Å². The number of anilines is 1. The van der Waals surface area contributed by atoms with Crippen molar-refractivity contribution in [2.24, 2.45) is 5.92 Å². The lowest BCUT2D eigenvalue weighted by atomic mass is 9.97. The van der Waals surface area contributed by atoms with Gasteiger partial charge in [-0.25, -0.2) is 0 Å². The molecule has 19 heavy (non-hydrogen) atoms. The Morgan fingerprint density at radius 2 is 2.16 bits per heavy atom. The molecule has 104 valence electrons. The molecule has 5 nitrogen and oxygen atoms in total. The van der Waals surface area contributed by atoms with Gasteiger partial charge in [0.05, 0.1) is 9.40 Å². The van der Waals surface area contributed by atoms with Crippen molar-refractivity contribution in [3.63, 3.8) is 0 Å². The topological polar surface area (TPSA) is 58.4 Å². The van der Waals surface area contributed by atoms with Crippen molar-refractivity contribution in [2.45, 2.75) is 12.8 Å². The van der Waals surface area contributed by atoms with Gasteiger partial charge in [0.25, 0.3) is 5.69 Å². The fraction of sp³-hybridized carbons (Fsp3) is 0.538. The van der Waals surface area contributed by atoms with Gasteiger partial charge in [-0.1, -0.05) is 0 Å². The third-order valence-electron chi connectivity index (χ3n) is 3.58. The number of halogens is 1. The van der Waals surface area contributed by atoms with Crippen LogP contribution in [-0.4, -0.2) is 36.5 Å². The summed E-state index contributed by atoms with van der Waals surface area (Å²) >= 11 is 3.23. The standard InChI is InChI=1S/C13H18BrN3O2/c1-16-6-4-10(5-7-16)9-15-11-2-3-13(17(18)19)12(14)8-11/h2-3,8,10,15H,4-7,9H2,1H3. The predicted octanol–water partition coefficient (Wildman–Crippen LogP) is 3.11. The predicted molar refractivity (Wildman–Crippen MR) is 79.5 cm³/mol. The van der Waals surface area contributed by atoms with Gasteiger partial charge in [-0.3, -0.25) is 10.1 Å². The number of hydrogen-bond acceptors (Lipinski definition) is 4. The Morgan fingerprint density at radius 1 is 1.47 bits per heavy atom. The van der Waals surface area contributed by atoms with E-state index in [2.05, 4.69) is 33.2 Å². The maximum Gasteiger partial charge on any atom is 0.283 e. The van der Waals surface area contributed by atoms with Gasteiger partial charge in [-0.05, 0) is 67.0 Å². The number of nitro benzene ring substituents is 1. The van der Waals surface area contributed by atoms with Gasteiger partial charge in [-0.15, -0.1) is 0 Å². The summed E-state index contributed by atoms with van der Waals surface area (Å²) in [5.41, 5.74) is 1.03. The molecule has 1 fully saturated rings. The Balaban J connectivity index is 1.89. The lowest BCUT2D eigenvalue weighted by molar-refractivity contribution is -0.385. The molecule has 0 amide bonds. The average molecular weight is 328 g/mol. The summed E-state index contributed by atoms with van der Waals surface area (Å²) in [6.07, 6.45) is 2.41. The van der Waals surface area contributed by atoms with Crippen molar-refractivity contribution in [3.05, 3.63) is 32.8 Å². The van der Waals surface area contributed by atoms with E-state index in [1.54, 1.807) is 12.1 Å². The van der Waals surface area contributed by atoms with Crippen LogP contribution in [0.3, 0.4) is 0 Å². The van der Waals surface area contributed by atoms with E-state index < -0.39 is 0 Å². The molecule has 0 atom stereocenters. The van der Waals surface area contributed by atoms with Crippen LogP contribution < -0.4 is 5.32 Å². The summed E-state index contributed by atoms with van der Waals surface area (Å²) in [5.74, 6) is 0.685. The van der Waals surface area contributed by atoms with Gasteiger partial charge in [0.2, 0.25) is 0 Å². The van der Waals surface area contributed by atoms with Gasteiger partial charge in [0, 0.05) is 18.3 Å². The zero-order chi connectivity index (χ0) is 13.8. The Bertz CT molecular complexity index is 459. The highest BCUT2D eigenvalue weighted by Crippen LogP contribution is 2.28. The van der Waals surface area contributed by atoms with Gasteiger partial charge < -0.3 is 10.2 Å². The second kappa shape index (κ2) is 6.34. The van der Waals surface area contributed by atoms with E-state index in [-0.39, 0.29) is 10.6 Å². The van der Waals surface area contributed by atoms with Crippen molar-refractivity contribution in [1.29, 1.82) is 0 Å². The highest BCUT2D eigenvalue weighted by atomic mass is 79.9. The van der Waals surface area contributed by atoms with Gasteiger partial charge in [-0.2, -0.15) is 0 Å². The molecule has 0 spiro atoms. The van der Waals surface area contributed by atoms with Crippen molar-refractivity contribution < 1.29 is 4.92 Å². The van der Waals surface area contributed by atoms with Crippen LogP contribution >= 0.6 is 15.9 Å². The molecule has 0 unspecified atom stereocenters. The lowest BCUT2D eigenvalue weighted by Gasteiger charge is -2.29. The first-order valence-electron chi connectivity index (χ1n) is 6.42. The molecule has 1 aliphatic heterocycles. The first-order chi connectivity index (χ1) is 9.06. The van der Waals surface area contributed by atoms with E-state index in [9.17, 15) is 10.1 Å². The number of benzene rings is 1. The molecule has 1 aliphatic rings. The first-order valence-corrected chi connectivity index (χ1v) is 7.22. The van der Waals surface area contributed by atoms with E-state index in [1.165, 1.54) is 18.9 Å². The van der Waals surface area contributed by atoms with Crippen LogP contribution in [0.2, 0.25) is 0 Å². The maximum atomic E-state index is 10.7. The summed E-state index contributed by atoms with van der Waals surface area (Å²) < 4.78 is 0.519. The van der Waals surface area contributed by atoms with Gasteiger partial charge in [0.1, 0.15) is 0 Å². The second-order valence-electron chi connectivity index (χ2n) is 5.05. The van der Waals surface area contributed by atoms with Gasteiger partial charge in [0.15, 0.2) is 0 Å². The Labute approximate surface area is 121 Å². The van der Waals surface area contributed by atoms with Gasteiger partial charge >= 0.3 is 0 Å². The van der Waals surface area contributed by atoms with Crippen molar-refractivity contribution in [2.75, 3.05) is 32.0 Å². The van der Waals surface area contributed by atoms with Crippen LogP contribution in [0.5, 0.6) is 0 Å². The molecule has 6 heteroatoms. The third kappa shape index (κ3) is 3.91. The van der Waals surface area contributed by atoms with Crippen LogP contribution in [0.25, 0.3) is 0 Å². The molecule has 0 radical (unpaired) electrons. The summed E-state index contributed by atoms with van der Waals surface area (Å²) in [5, 5.41) is 14.1. The summed E-state index contributed by atoms with van der Waals surface area (Å²) in [7, 11) is 2.15. The molecule has 1 saturated heterocycles. The van der Waals surface area contributed by atoms with E-state index in [0.29, 0.717) is 10.4 Å². The molecule has 1 aromatic rings. The summed E-state index contributed by atoms with van der Waals surface area (Å²) in [6.45, 7) is 3.23. The summed E-state index contributed by atoms with van der Waals surface area (Å²) in [4.78, 5) is 12.7. The SMILES string of the molecule is CN1CCC(CNc2ccc([N+](=O)[O-])c(Br)c2)CC1. The largest absolute Gasteiger partial charge is 0.385 e. The molecule has 1 N–H and O–H groups in total. The zero-order valence-corrected chi connectivity index (χ0v) is 12.5. The minimum Gasteiger partial charge on any atom is -0.385 e. The Morgan fingerprint density at radius 3 is 2.74 bits per heavy atom. The van der Waals surface area contributed by atoms with Crippen LogP contribution in [0, 0.1) is 16.0 Å². The Hall–Kier alpha value is -1.14. The molecule has 1 heterocycles. The number of hydrogen-bond donors (Lipinski definition) is 1. The number of piperidine rings is 1. The third-order valence-corrected chi connectivity index (χ3v) is 4.21. The minimum atomic E-state index is -0.384. The van der Waals surface area contributed by atoms with E-state index in [1.807, 2.05) is 0 Å². The average Bonchev–Trinajstić information content (AvgIpc) is 2.37. The highest BCUT2D eigenvalue weighted by Gasteiger charge is 2.17. The van der Waals surface area contributed by atoms with Crippen molar-refractivity contribution in [1.82, 2.24) is 4.90 Å². The molecule has 0 bridgehead atoms. The molecule has 0 aromatic heterocycles. The van der Waals surface area contributed by atoms with E-state index in [0.717, 1.165) is 25.3 Å². The first kappa shape index (κ1) is 14.3. The van der Waals surface area contributed by atoms with Crippen molar-refractivity contribution >= 4 is 27.3 Å². The number of nitrogens with one attached hydrogen (secondary N) is 1. The van der Waals surface area contributed by atoms with Crippen LogP contribution in [0.1, 0.15) is 12.8 Å².